The number of hydrogen-bond acceptors (Lipinski definition) is 5. The minimum atomic E-state index is 0.586. The third-order valence-electron chi connectivity index (χ3n) is 3.01. The maximum Gasteiger partial charge on any atom is 0.234 e. The lowest BCUT2D eigenvalue weighted by Crippen LogP contribution is -1.91. The average Bonchev–Trinajstić information content (AvgIpc) is 2.89. The van der Waals surface area contributed by atoms with Crippen molar-refractivity contribution in [1.82, 2.24) is 14.4 Å². The zero-order valence-electron chi connectivity index (χ0n) is 11.2. The fraction of sp³-hybridized carbons (Fsp3) is 0.143. The van der Waals surface area contributed by atoms with E-state index < -0.39 is 0 Å². The fourth-order valence-electron chi connectivity index (χ4n) is 2.04. The summed E-state index contributed by atoms with van der Waals surface area (Å²) in [6, 6.07) is 5.59. The van der Waals surface area contributed by atoms with Crippen molar-refractivity contribution < 1.29 is 9.47 Å². The summed E-state index contributed by atoms with van der Waals surface area (Å²) in [7, 11) is 3.23. The van der Waals surface area contributed by atoms with Gasteiger partial charge in [0.05, 0.1) is 31.8 Å². The molecule has 0 radical (unpaired) electrons. The Bertz CT molecular complexity index is 767. The summed E-state index contributed by atoms with van der Waals surface area (Å²) in [6.07, 6.45) is 5.22. The number of anilines is 1. The number of nitrogens with two attached hydrogens (primary N) is 1. The van der Waals surface area contributed by atoms with E-state index in [2.05, 4.69) is 9.97 Å². The van der Waals surface area contributed by atoms with E-state index >= 15 is 0 Å². The average molecular weight is 270 g/mol. The standard InChI is InChI=1S/C14H14N4O2/c1-19-10-3-4-11(13(5-10)20-2)12-8-18-7-9(15)6-16-14(18)17-12/h3-8H,15H2,1-2H3. The molecular formula is C14H14N4O2. The van der Waals surface area contributed by atoms with Gasteiger partial charge < -0.3 is 15.2 Å². The molecule has 2 heterocycles. The number of nitrogens with zero attached hydrogens (tertiary/aromatic N) is 3. The molecule has 0 bridgehead atoms. The van der Waals surface area contributed by atoms with Crippen LogP contribution >= 0.6 is 0 Å². The van der Waals surface area contributed by atoms with Crippen LogP contribution in [0, 0.1) is 0 Å². The second-order valence-corrected chi connectivity index (χ2v) is 4.29. The Kier molecular flexibility index (Phi) is 2.90. The molecule has 0 aliphatic heterocycles. The molecular weight excluding hydrogens is 256 g/mol. The molecule has 0 unspecified atom stereocenters. The first-order valence-corrected chi connectivity index (χ1v) is 6.04. The molecule has 2 N–H and O–H groups in total. The summed E-state index contributed by atoms with van der Waals surface area (Å²) in [4.78, 5) is 8.64. The number of rotatable bonds is 3. The highest BCUT2D eigenvalue weighted by Gasteiger charge is 2.11. The number of benzene rings is 1. The van der Waals surface area contributed by atoms with Gasteiger partial charge in [-0.25, -0.2) is 9.97 Å². The van der Waals surface area contributed by atoms with Crippen molar-refractivity contribution in [2.45, 2.75) is 0 Å². The molecule has 3 rings (SSSR count). The monoisotopic (exact) mass is 270 g/mol. The summed E-state index contributed by atoms with van der Waals surface area (Å²) in [5, 5.41) is 0. The molecule has 102 valence electrons. The van der Waals surface area contributed by atoms with Gasteiger partial charge in [0.2, 0.25) is 5.78 Å². The van der Waals surface area contributed by atoms with Crippen molar-refractivity contribution in [3.05, 3.63) is 36.8 Å². The Morgan fingerprint density at radius 1 is 1.15 bits per heavy atom. The minimum absolute atomic E-state index is 0.586. The van der Waals surface area contributed by atoms with Crippen molar-refractivity contribution in [2.24, 2.45) is 0 Å². The van der Waals surface area contributed by atoms with Crippen molar-refractivity contribution in [3.8, 4) is 22.8 Å². The van der Waals surface area contributed by atoms with E-state index in [1.165, 1.54) is 0 Å². The molecule has 0 saturated heterocycles. The molecule has 6 heteroatoms. The predicted molar refractivity (Wildman–Crippen MR) is 75.9 cm³/mol. The lowest BCUT2D eigenvalue weighted by molar-refractivity contribution is 0.395. The Morgan fingerprint density at radius 2 is 2.00 bits per heavy atom. The maximum absolute atomic E-state index is 5.71. The molecule has 0 aliphatic rings. The number of ether oxygens (including phenoxy) is 2. The van der Waals surface area contributed by atoms with Gasteiger partial charge in [-0.2, -0.15) is 0 Å². The first-order chi connectivity index (χ1) is 9.71. The topological polar surface area (TPSA) is 74.7 Å². The quantitative estimate of drug-likeness (QED) is 0.787. The number of methoxy groups -OCH3 is 2. The number of imidazole rings is 1. The summed E-state index contributed by atoms with van der Waals surface area (Å²) in [5.74, 6) is 2.02. The molecule has 6 nitrogen and oxygen atoms in total. The molecule has 1 aromatic carbocycles. The van der Waals surface area contributed by atoms with Crippen molar-refractivity contribution >= 4 is 11.5 Å². The van der Waals surface area contributed by atoms with E-state index in [1.807, 2.05) is 24.4 Å². The smallest absolute Gasteiger partial charge is 0.234 e. The number of fused-ring (bicyclic) bond motifs is 1. The largest absolute Gasteiger partial charge is 0.497 e. The molecule has 2 aromatic heterocycles. The van der Waals surface area contributed by atoms with Gasteiger partial charge >= 0.3 is 0 Å². The van der Waals surface area contributed by atoms with Crippen molar-refractivity contribution in [3.63, 3.8) is 0 Å². The van der Waals surface area contributed by atoms with Gasteiger partial charge in [0.1, 0.15) is 11.5 Å². The summed E-state index contributed by atoms with van der Waals surface area (Å²) in [5.41, 5.74) is 7.94. The fourth-order valence-corrected chi connectivity index (χ4v) is 2.04. The van der Waals surface area contributed by atoms with E-state index in [-0.39, 0.29) is 0 Å². The Hall–Kier alpha value is -2.76. The van der Waals surface area contributed by atoms with Crippen LogP contribution in [0.4, 0.5) is 5.69 Å². The summed E-state index contributed by atoms with van der Waals surface area (Å²) in [6.45, 7) is 0. The lowest BCUT2D eigenvalue weighted by Gasteiger charge is -2.08. The van der Waals surface area contributed by atoms with Gasteiger partial charge in [-0.05, 0) is 12.1 Å². The number of aromatic nitrogens is 3. The van der Waals surface area contributed by atoms with Crippen LogP contribution in [0.25, 0.3) is 17.0 Å². The highest BCUT2D eigenvalue weighted by Crippen LogP contribution is 2.32. The van der Waals surface area contributed by atoms with Crippen molar-refractivity contribution in [1.29, 1.82) is 0 Å². The first kappa shape index (κ1) is 12.3. The normalized spacial score (nSPS) is 10.7. The van der Waals surface area contributed by atoms with Gasteiger partial charge in [-0.1, -0.05) is 0 Å². The Balaban J connectivity index is 2.14. The number of hydrogen-bond donors (Lipinski definition) is 1. The minimum Gasteiger partial charge on any atom is -0.497 e. The molecule has 3 aromatic rings. The van der Waals surface area contributed by atoms with Crippen LogP contribution in [0.2, 0.25) is 0 Å². The van der Waals surface area contributed by atoms with Crippen LogP contribution in [-0.2, 0) is 0 Å². The van der Waals surface area contributed by atoms with Crippen molar-refractivity contribution in [2.75, 3.05) is 20.0 Å². The zero-order valence-corrected chi connectivity index (χ0v) is 11.2. The molecule has 0 amide bonds. The van der Waals surface area contributed by atoms with E-state index in [0.29, 0.717) is 17.2 Å². The van der Waals surface area contributed by atoms with Crippen LogP contribution in [0.15, 0.2) is 36.8 Å². The van der Waals surface area contributed by atoms with Gasteiger partial charge in [0.25, 0.3) is 0 Å². The SMILES string of the molecule is COc1ccc(-c2cn3cc(N)cnc3n2)c(OC)c1. The zero-order chi connectivity index (χ0) is 14.1. The highest BCUT2D eigenvalue weighted by atomic mass is 16.5. The molecule has 0 fully saturated rings. The van der Waals surface area contributed by atoms with E-state index in [9.17, 15) is 0 Å². The van der Waals surface area contributed by atoms with Crippen LogP contribution in [0.5, 0.6) is 11.5 Å². The summed E-state index contributed by atoms with van der Waals surface area (Å²) >= 11 is 0. The van der Waals surface area contributed by atoms with Crippen LogP contribution < -0.4 is 15.2 Å². The second kappa shape index (κ2) is 4.73. The van der Waals surface area contributed by atoms with Gasteiger partial charge in [0, 0.05) is 24.0 Å². The second-order valence-electron chi connectivity index (χ2n) is 4.29. The molecule has 0 saturated carbocycles. The van der Waals surface area contributed by atoms with E-state index in [4.69, 9.17) is 15.2 Å². The molecule has 0 aliphatic carbocycles. The van der Waals surface area contributed by atoms with Gasteiger partial charge in [-0.3, -0.25) is 4.40 Å². The third-order valence-corrected chi connectivity index (χ3v) is 3.01. The van der Waals surface area contributed by atoms with Crippen LogP contribution in [0.3, 0.4) is 0 Å². The number of nitrogen functional groups attached to an aromatic ring is 1. The third kappa shape index (κ3) is 2.01. The lowest BCUT2D eigenvalue weighted by atomic mass is 10.1. The molecule has 0 atom stereocenters. The predicted octanol–water partition coefficient (Wildman–Crippen LogP) is 2.00. The summed E-state index contributed by atoms with van der Waals surface area (Å²) < 4.78 is 12.4. The van der Waals surface area contributed by atoms with Gasteiger partial charge in [-0.15, -0.1) is 0 Å². The maximum atomic E-state index is 5.71. The van der Waals surface area contributed by atoms with Gasteiger partial charge in [0.15, 0.2) is 0 Å². The van der Waals surface area contributed by atoms with Crippen LogP contribution in [0.1, 0.15) is 0 Å². The van der Waals surface area contributed by atoms with E-state index in [0.717, 1.165) is 17.0 Å². The Labute approximate surface area is 115 Å². The first-order valence-electron chi connectivity index (χ1n) is 6.04. The molecule has 20 heavy (non-hydrogen) atoms. The Morgan fingerprint density at radius 3 is 2.75 bits per heavy atom. The molecule has 0 spiro atoms. The van der Waals surface area contributed by atoms with E-state index in [1.54, 1.807) is 31.0 Å². The van der Waals surface area contributed by atoms with Crippen LogP contribution in [-0.4, -0.2) is 28.6 Å². The highest BCUT2D eigenvalue weighted by molar-refractivity contribution is 5.70.